The van der Waals surface area contributed by atoms with Crippen LogP contribution < -0.4 is 5.32 Å². The third kappa shape index (κ3) is 2.78. The van der Waals surface area contributed by atoms with Crippen LogP contribution in [0.1, 0.15) is 49.1 Å². The number of fused-ring (bicyclic) bond motifs is 1. The first-order valence-corrected chi connectivity index (χ1v) is 8.57. The van der Waals surface area contributed by atoms with Crippen LogP contribution in [0.5, 0.6) is 0 Å². The molecule has 0 atom stereocenters. The highest BCUT2D eigenvalue weighted by Gasteiger charge is 2.40. The van der Waals surface area contributed by atoms with Gasteiger partial charge in [0.2, 0.25) is 0 Å². The standard InChI is InChI=1S/C19H23N3O/c1-14-11-16(23-22-14)13-20-18-19(9-5-2-6-10-19)12-15-7-3-4-8-17(15)21-18/h3-4,7-8,11H,2,5-6,9-10,12-13H2,1H3,(H,20,21). The second-order valence-corrected chi connectivity index (χ2v) is 6.90. The average molecular weight is 309 g/mol. The summed E-state index contributed by atoms with van der Waals surface area (Å²) in [4.78, 5) is 4.91. The van der Waals surface area contributed by atoms with Crippen molar-refractivity contribution in [2.75, 3.05) is 5.32 Å². The molecule has 1 fully saturated rings. The van der Waals surface area contributed by atoms with Crippen LogP contribution in [0.2, 0.25) is 0 Å². The summed E-state index contributed by atoms with van der Waals surface area (Å²) in [6.07, 6.45) is 7.49. The SMILES string of the molecule is Cc1cc(CN=C2Nc3ccccc3CC23CCCCC3)on1. The van der Waals surface area contributed by atoms with Crippen molar-refractivity contribution in [3.63, 3.8) is 0 Å². The Balaban J connectivity index is 1.66. The number of nitrogens with zero attached hydrogens (tertiary/aromatic N) is 2. The lowest BCUT2D eigenvalue weighted by Crippen LogP contribution is -2.43. The normalized spacial score (nSPS) is 21.2. The number of para-hydroxylation sites is 1. The predicted molar refractivity (Wildman–Crippen MR) is 91.7 cm³/mol. The predicted octanol–water partition coefficient (Wildman–Crippen LogP) is 4.50. The Morgan fingerprint density at radius 3 is 2.83 bits per heavy atom. The first-order valence-electron chi connectivity index (χ1n) is 8.57. The fourth-order valence-corrected chi connectivity index (χ4v) is 4.00. The van der Waals surface area contributed by atoms with Crippen molar-refractivity contribution in [2.45, 2.75) is 52.0 Å². The molecule has 4 rings (SSSR count). The third-order valence-corrected chi connectivity index (χ3v) is 5.18. The summed E-state index contributed by atoms with van der Waals surface area (Å²) in [7, 11) is 0. The molecular formula is C19H23N3O. The molecule has 0 amide bonds. The molecule has 1 aliphatic carbocycles. The molecule has 0 saturated heterocycles. The quantitative estimate of drug-likeness (QED) is 0.888. The second-order valence-electron chi connectivity index (χ2n) is 6.90. The van der Waals surface area contributed by atoms with Gasteiger partial charge in [-0.15, -0.1) is 0 Å². The van der Waals surface area contributed by atoms with Crippen LogP contribution in [0.25, 0.3) is 0 Å². The van der Waals surface area contributed by atoms with Gasteiger partial charge in [0.25, 0.3) is 0 Å². The van der Waals surface area contributed by atoms with Crippen LogP contribution in [-0.2, 0) is 13.0 Å². The Morgan fingerprint density at radius 2 is 2.04 bits per heavy atom. The smallest absolute Gasteiger partial charge is 0.158 e. The molecule has 0 unspecified atom stereocenters. The van der Waals surface area contributed by atoms with E-state index < -0.39 is 0 Å². The number of amidine groups is 1. The average Bonchev–Trinajstić information content (AvgIpc) is 2.99. The maximum atomic E-state index is 5.32. The van der Waals surface area contributed by atoms with Gasteiger partial charge < -0.3 is 9.84 Å². The zero-order chi connectivity index (χ0) is 15.7. The number of benzene rings is 1. The van der Waals surface area contributed by atoms with Gasteiger partial charge in [-0.3, -0.25) is 4.99 Å². The van der Waals surface area contributed by atoms with Crippen molar-refractivity contribution in [1.82, 2.24) is 5.16 Å². The van der Waals surface area contributed by atoms with Crippen LogP contribution >= 0.6 is 0 Å². The van der Waals surface area contributed by atoms with Gasteiger partial charge in [0.1, 0.15) is 12.4 Å². The van der Waals surface area contributed by atoms with E-state index in [1.165, 1.54) is 43.4 Å². The van der Waals surface area contributed by atoms with Crippen molar-refractivity contribution >= 4 is 11.5 Å². The first kappa shape index (κ1) is 14.5. The van der Waals surface area contributed by atoms with Gasteiger partial charge in [-0.2, -0.15) is 0 Å². The monoisotopic (exact) mass is 309 g/mol. The molecule has 4 nitrogen and oxygen atoms in total. The van der Waals surface area contributed by atoms with Gasteiger partial charge in [0.15, 0.2) is 5.76 Å². The minimum atomic E-state index is 0.182. The lowest BCUT2D eigenvalue weighted by molar-refractivity contribution is 0.278. The molecule has 2 aromatic rings. The lowest BCUT2D eigenvalue weighted by Gasteiger charge is -2.42. The van der Waals surface area contributed by atoms with Gasteiger partial charge in [-0.25, -0.2) is 0 Å². The highest BCUT2D eigenvalue weighted by atomic mass is 16.5. The van der Waals surface area contributed by atoms with E-state index in [2.05, 4.69) is 34.7 Å². The van der Waals surface area contributed by atoms with Crippen molar-refractivity contribution in [2.24, 2.45) is 10.4 Å². The Morgan fingerprint density at radius 1 is 1.22 bits per heavy atom. The molecule has 1 saturated carbocycles. The van der Waals surface area contributed by atoms with E-state index in [0.717, 1.165) is 23.7 Å². The summed E-state index contributed by atoms with van der Waals surface area (Å²) in [6.45, 7) is 2.50. The lowest BCUT2D eigenvalue weighted by atomic mass is 9.67. The molecular weight excluding hydrogens is 286 g/mol. The maximum absolute atomic E-state index is 5.32. The fourth-order valence-electron chi connectivity index (χ4n) is 4.00. The third-order valence-electron chi connectivity index (χ3n) is 5.18. The van der Waals surface area contributed by atoms with Crippen molar-refractivity contribution < 1.29 is 4.52 Å². The van der Waals surface area contributed by atoms with Gasteiger partial charge in [0.05, 0.1) is 5.69 Å². The van der Waals surface area contributed by atoms with Crippen molar-refractivity contribution in [3.8, 4) is 0 Å². The Bertz CT molecular complexity index is 726. The van der Waals surface area contributed by atoms with E-state index >= 15 is 0 Å². The minimum Gasteiger partial charge on any atom is -0.359 e. The summed E-state index contributed by atoms with van der Waals surface area (Å²) in [5.74, 6) is 1.98. The van der Waals surface area contributed by atoms with Crippen LogP contribution in [0.3, 0.4) is 0 Å². The first-order chi connectivity index (χ1) is 11.3. The van der Waals surface area contributed by atoms with Gasteiger partial charge in [-0.1, -0.05) is 42.6 Å². The summed E-state index contributed by atoms with van der Waals surface area (Å²) in [5, 5.41) is 7.58. The number of aromatic nitrogens is 1. The summed E-state index contributed by atoms with van der Waals surface area (Å²) in [5.41, 5.74) is 3.72. The summed E-state index contributed by atoms with van der Waals surface area (Å²) >= 11 is 0. The molecule has 1 aromatic carbocycles. The van der Waals surface area contributed by atoms with Crippen LogP contribution in [0, 0.1) is 12.3 Å². The van der Waals surface area contributed by atoms with Crippen molar-refractivity contribution in [1.29, 1.82) is 0 Å². The van der Waals surface area contributed by atoms with Crippen LogP contribution in [0.15, 0.2) is 39.8 Å². The molecule has 23 heavy (non-hydrogen) atoms. The maximum Gasteiger partial charge on any atom is 0.158 e. The molecule has 120 valence electrons. The van der Waals surface area contributed by atoms with Gasteiger partial charge in [-0.05, 0) is 37.8 Å². The van der Waals surface area contributed by atoms with Crippen LogP contribution in [-0.4, -0.2) is 11.0 Å². The zero-order valence-corrected chi connectivity index (χ0v) is 13.6. The Labute approximate surface area is 137 Å². The number of nitrogens with one attached hydrogen (secondary N) is 1. The zero-order valence-electron chi connectivity index (χ0n) is 13.6. The van der Waals surface area contributed by atoms with Gasteiger partial charge in [0, 0.05) is 17.2 Å². The highest BCUT2D eigenvalue weighted by Crippen LogP contribution is 2.44. The summed E-state index contributed by atoms with van der Waals surface area (Å²) < 4.78 is 5.32. The molecule has 1 N–H and O–H groups in total. The minimum absolute atomic E-state index is 0.182. The molecule has 4 heteroatoms. The second kappa shape index (κ2) is 5.84. The van der Waals surface area contributed by atoms with E-state index in [0.29, 0.717) is 6.54 Å². The van der Waals surface area contributed by atoms with Gasteiger partial charge >= 0.3 is 0 Å². The van der Waals surface area contributed by atoms with E-state index in [4.69, 9.17) is 9.52 Å². The topological polar surface area (TPSA) is 50.4 Å². The van der Waals surface area contributed by atoms with E-state index in [9.17, 15) is 0 Å². The van der Waals surface area contributed by atoms with Crippen molar-refractivity contribution in [3.05, 3.63) is 47.3 Å². The number of hydrogen-bond acceptors (Lipinski definition) is 3. The molecule has 1 aliphatic heterocycles. The largest absolute Gasteiger partial charge is 0.359 e. The molecule has 0 radical (unpaired) electrons. The highest BCUT2D eigenvalue weighted by molar-refractivity contribution is 6.02. The summed E-state index contributed by atoms with van der Waals surface area (Å²) in [6, 6.07) is 10.6. The van der Waals surface area contributed by atoms with E-state index in [1.54, 1.807) is 0 Å². The number of hydrogen-bond donors (Lipinski definition) is 1. The molecule has 2 heterocycles. The number of rotatable bonds is 2. The number of aliphatic imine (C=N–C) groups is 1. The number of anilines is 1. The molecule has 2 aliphatic rings. The van der Waals surface area contributed by atoms with Crippen LogP contribution in [0.4, 0.5) is 5.69 Å². The Kier molecular flexibility index (Phi) is 3.68. The molecule has 1 spiro atoms. The Hall–Kier alpha value is -2.10. The van der Waals surface area contributed by atoms with E-state index in [1.807, 2.05) is 13.0 Å². The molecule has 1 aromatic heterocycles. The number of aryl methyl sites for hydroxylation is 1. The van der Waals surface area contributed by atoms with E-state index in [-0.39, 0.29) is 5.41 Å². The molecule has 0 bridgehead atoms. The fraction of sp³-hybridized carbons (Fsp3) is 0.474.